The van der Waals surface area contributed by atoms with E-state index >= 15 is 0 Å². The fraction of sp³-hybridized carbons (Fsp3) is 0.333. The Hall–Kier alpha value is -4.32. The monoisotopic (exact) mass is 486 g/mol. The number of carbonyl (C=O) groups excluding carboxylic acids is 1. The third-order valence-electron chi connectivity index (χ3n) is 5.63. The molecule has 0 fully saturated rings. The molecule has 0 bridgehead atoms. The lowest BCUT2D eigenvalue weighted by atomic mass is 10.1. The van der Waals surface area contributed by atoms with Gasteiger partial charge in [0.05, 0.1) is 29.4 Å². The van der Waals surface area contributed by atoms with E-state index in [2.05, 4.69) is 16.4 Å². The third-order valence-corrected chi connectivity index (χ3v) is 5.63. The van der Waals surface area contributed by atoms with Crippen LogP contribution >= 0.6 is 0 Å². The van der Waals surface area contributed by atoms with Crippen molar-refractivity contribution in [1.82, 2.24) is 14.9 Å². The Morgan fingerprint density at radius 3 is 2.42 bits per heavy atom. The zero-order valence-electron chi connectivity index (χ0n) is 21.2. The van der Waals surface area contributed by atoms with Gasteiger partial charge in [0.1, 0.15) is 11.4 Å². The number of nitrogen functional groups attached to an aromatic ring is 1. The molecule has 1 aliphatic rings. The molecule has 9 heteroatoms. The summed E-state index contributed by atoms with van der Waals surface area (Å²) in [6.45, 7) is 10.1. The van der Waals surface area contributed by atoms with Gasteiger partial charge in [-0.15, -0.1) is 0 Å². The van der Waals surface area contributed by atoms with E-state index in [9.17, 15) is 4.79 Å². The number of amides is 1. The number of hydrogen-bond acceptors (Lipinski definition) is 8. The number of aryl methyl sites for hydroxylation is 2. The number of anilines is 3. The van der Waals surface area contributed by atoms with Crippen molar-refractivity contribution in [2.75, 3.05) is 17.6 Å². The van der Waals surface area contributed by atoms with Gasteiger partial charge >= 0.3 is 6.09 Å². The maximum atomic E-state index is 12.8. The number of fused-ring (bicyclic) bond motifs is 1. The lowest BCUT2D eigenvalue weighted by Crippen LogP contribution is -2.40. The van der Waals surface area contributed by atoms with E-state index in [0.29, 0.717) is 41.8 Å². The highest BCUT2D eigenvalue weighted by atomic mass is 16.6. The molecule has 36 heavy (non-hydrogen) atoms. The van der Waals surface area contributed by atoms with Crippen molar-refractivity contribution in [3.63, 3.8) is 0 Å². The summed E-state index contributed by atoms with van der Waals surface area (Å²) in [5.41, 5.74) is 10.6. The Labute approximate surface area is 210 Å². The number of aromatic nitrogens is 2. The Kier molecular flexibility index (Phi) is 6.71. The van der Waals surface area contributed by atoms with E-state index in [1.807, 2.05) is 46.8 Å². The summed E-state index contributed by atoms with van der Waals surface area (Å²) < 4.78 is 11.9. The molecule has 0 atom stereocenters. The maximum Gasteiger partial charge on any atom is 0.410 e. The topological polar surface area (TPSA) is 126 Å². The summed E-state index contributed by atoms with van der Waals surface area (Å²) in [5.74, 6) is 1.38. The minimum absolute atomic E-state index is 0.268. The predicted octanol–water partition coefficient (Wildman–Crippen LogP) is 5.38. The van der Waals surface area contributed by atoms with Gasteiger partial charge in [0.25, 0.3) is 0 Å². The van der Waals surface area contributed by atoms with Gasteiger partial charge in [-0.05, 0) is 82.1 Å². The number of hydrogen-bond donors (Lipinski definition) is 2. The van der Waals surface area contributed by atoms with E-state index in [0.717, 1.165) is 28.1 Å². The molecule has 186 valence electrons. The standard InChI is InChI=1S/C27H30N6O3/c1-16-12-19(29)13-17(2)23(16)35-24-21-15-33(26(34)36-27(3,4)5)11-10-22(21)31-25(32-24)30-20-8-6-18(14-28)7-9-20/h6-9,12-13H,10-11,15,29H2,1-5H3,(H,30,31,32). The Balaban J connectivity index is 1.71. The van der Waals surface area contributed by atoms with Crippen LogP contribution in [0.4, 0.5) is 22.1 Å². The van der Waals surface area contributed by atoms with Gasteiger partial charge in [0.15, 0.2) is 0 Å². The van der Waals surface area contributed by atoms with Crippen molar-refractivity contribution < 1.29 is 14.3 Å². The molecule has 2 aromatic carbocycles. The molecule has 0 unspecified atom stereocenters. The SMILES string of the molecule is Cc1cc(N)cc(C)c1Oc1nc(Nc2ccc(C#N)cc2)nc2c1CN(C(=O)OC(C)(C)C)CC2. The fourth-order valence-corrected chi connectivity index (χ4v) is 4.01. The van der Waals surface area contributed by atoms with Crippen molar-refractivity contribution in [1.29, 1.82) is 5.26 Å². The van der Waals surface area contributed by atoms with Crippen molar-refractivity contribution in [2.24, 2.45) is 0 Å². The van der Waals surface area contributed by atoms with Crippen LogP contribution in [0.25, 0.3) is 0 Å². The number of rotatable bonds is 4. The number of nitrogens with zero attached hydrogens (tertiary/aromatic N) is 4. The second-order valence-electron chi connectivity index (χ2n) is 9.83. The first-order valence-corrected chi connectivity index (χ1v) is 11.7. The first-order valence-electron chi connectivity index (χ1n) is 11.7. The molecule has 0 aliphatic carbocycles. The van der Waals surface area contributed by atoms with Crippen molar-refractivity contribution in [3.05, 3.63) is 64.3 Å². The van der Waals surface area contributed by atoms with Crippen LogP contribution in [0.5, 0.6) is 11.6 Å². The van der Waals surface area contributed by atoms with E-state index in [4.69, 9.17) is 25.5 Å². The van der Waals surface area contributed by atoms with Gasteiger partial charge in [0.2, 0.25) is 11.8 Å². The molecule has 2 heterocycles. The van der Waals surface area contributed by atoms with Crippen LogP contribution in [0.3, 0.4) is 0 Å². The first kappa shape index (κ1) is 24.8. The zero-order chi connectivity index (χ0) is 26.0. The van der Waals surface area contributed by atoms with Gasteiger partial charge in [0, 0.05) is 24.3 Å². The summed E-state index contributed by atoms with van der Waals surface area (Å²) in [6, 6.07) is 12.8. The molecule has 9 nitrogen and oxygen atoms in total. The highest BCUT2D eigenvalue weighted by molar-refractivity contribution is 5.69. The lowest BCUT2D eigenvalue weighted by Gasteiger charge is -2.31. The quantitative estimate of drug-likeness (QED) is 0.471. The van der Waals surface area contributed by atoms with E-state index in [1.165, 1.54) is 0 Å². The summed E-state index contributed by atoms with van der Waals surface area (Å²) in [6.07, 6.45) is 0.133. The second-order valence-corrected chi connectivity index (χ2v) is 9.83. The normalized spacial score (nSPS) is 12.9. The van der Waals surface area contributed by atoms with Gasteiger partial charge in [-0.25, -0.2) is 9.78 Å². The fourth-order valence-electron chi connectivity index (χ4n) is 4.01. The molecule has 1 aromatic heterocycles. The number of ether oxygens (including phenoxy) is 2. The van der Waals surface area contributed by atoms with Crippen LogP contribution in [0.1, 0.15) is 48.7 Å². The molecule has 0 saturated carbocycles. The summed E-state index contributed by atoms with van der Waals surface area (Å²) in [5, 5.41) is 12.3. The Bertz CT molecular complexity index is 1320. The molecule has 3 aromatic rings. The third kappa shape index (κ3) is 5.66. The highest BCUT2D eigenvalue weighted by Gasteiger charge is 2.30. The summed E-state index contributed by atoms with van der Waals surface area (Å²) in [7, 11) is 0. The summed E-state index contributed by atoms with van der Waals surface area (Å²) >= 11 is 0. The molecular weight excluding hydrogens is 456 g/mol. The lowest BCUT2D eigenvalue weighted by molar-refractivity contribution is 0.0221. The minimum Gasteiger partial charge on any atom is -0.444 e. The Morgan fingerprint density at radius 2 is 1.81 bits per heavy atom. The van der Waals surface area contributed by atoms with Crippen LogP contribution < -0.4 is 15.8 Å². The number of nitriles is 1. The van der Waals surface area contributed by atoms with Crippen molar-refractivity contribution >= 4 is 23.4 Å². The van der Waals surface area contributed by atoms with Gasteiger partial charge < -0.3 is 25.4 Å². The highest BCUT2D eigenvalue weighted by Crippen LogP contribution is 2.35. The minimum atomic E-state index is -0.597. The molecule has 1 aliphatic heterocycles. The smallest absolute Gasteiger partial charge is 0.410 e. The molecule has 0 spiro atoms. The molecule has 3 N–H and O–H groups in total. The molecule has 0 saturated heterocycles. The number of nitrogens with two attached hydrogens (primary N) is 1. The van der Waals surface area contributed by atoms with Crippen LogP contribution in [0, 0.1) is 25.2 Å². The molecular formula is C27H30N6O3. The average Bonchev–Trinajstić information content (AvgIpc) is 2.80. The summed E-state index contributed by atoms with van der Waals surface area (Å²) in [4.78, 5) is 23.8. The van der Waals surface area contributed by atoms with Crippen molar-refractivity contribution in [2.45, 2.75) is 53.2 Å². The maximum absolute atomic E-state index is 12.8. The van der Waals surface area contributed by atoms with Crippen LogP contribution in [-0.4, -0.2) is 33.1 Å². The molecule has 1 amide bonds. The largest absolute Gasteiger partial charge is 0.444 e. The zero-order valence-corrected chi connectivity index (χ0v) is 21.2. The van der Waals surface area contributed by atoms with Gasteiger partial charge in [-0.1, -0.05) is 0 Å². The van der Waals surface area contributed by atoms with Crippen LogP contribution in [0.2, 0.25) is 0 Å². The number of benzene rings is 2. The van der Waals surface area contributed by atoms with E-state index in [1.54, 1.807) is 29.2 Å². The predicted molar refractivity (Wildman–Crippen MR) is 137 cm³/mol. The van der Waals surface area contributed by atoms with Crippen LogP contribution in [-0.2, 0) is 17.7 Å². The Morgan fingerprint density at radius 1 is 1.14 bits per heavy atom. The molecule has 4 rings (SSSR count). The number of carbonyl (C=O) groups is 1. The van der Waals surface area contributed by atoms with Gasteiger partial charge in [-0.2, -0.15) is 10.2 Å². The van der Waals surface area contributed by atoms with E-state index in [-0.39, 0.29) is 6.54 Å². The van der Waals surface area contributed by atoms with E-state index < -0.39 is 11.7 Å². The first-order chi connectivity index (χ1) is 17.0. The van der Waals surface area contributed by atoms with Gasteiger partial charge in [-0.3, -0.25) is 0 Å². The molecule has 0 radical (unpaired) electrons. The number of nitrogens with one attached hydrogen (secondary N) is 1. The van der Waals surface area contributed by atoms with Crippen molar-refractivity contribution in [3.8, 4) is 17.7 Å². The van der Waals surface area contributed by atoms with Crippen LogP contribution in [0.15, 0.2) is 36.4 Å². The average molecular weight is 487 g/mol. The second kappa shape index (κ2) is 9.74.